The lowest BCUT2D eigenvalue weighted by Crippen LogP contribution is -2.39. The van der Waals surface area contributed by atoms with Crippen LogP contribution in [0.1, 0.15) is 23.6 Å². The minimum absolute atomic E-state index is 0.0929. The standard InChI is InChI=1S/C20H16N2O4S2/c1-3-8-26-19(24)16-12(2)21-20-22(17(16)14-7-5-10-27-14)18(23)15(28-20)11-13-6-4-9-25-13/h3-7,9-11,17H,1,8H2,2H3/b15-11+/t17-/m1/s1. The molecule has 0 bridgehead atoms. The number of allylic oxidation sites excluding steroid dienone is 1. The summed E-state index contributed by atoms with van der Waals surface area (Å²) < 4.78 is 12.6. The monoisotopic (exact) mass is 412 g/mol. The molecule has 0 saturated carbocycles. The van der Waals surface area contributed by atoms with Gasteiger partial charge < -0.3 is 9.15 Å². The number of hydrogen-bond donors (Lipinski definition) is 0. The summed E-state index contributed by atoms with van der Waals surface area (Å²) in [4.78, 5) is 31.9. The summed E-state index contributed by atoms with van der Waals surface area (Å²) in [5.74, 6) is 0.0825. The van der Waals surface area contributed by atoms with Crippen molar-refractivity contribution in [1.82, 2.24) is 4.57 Å². The summed E-state index contributed by atoms with van der Waals surface area (Å²) in [6.07, 6.45) is 4.74. The Morgan fingerprint density at radius 2 is 2.29 bits per heavy atom. The highest BCUT2D eigenvalue weighted by Gasteiger charge is 2.33. The third-order valence-electron chi connectivity index (χ3n) is 4.20. The molecule has 0 aliphatic carbocycles. The van der Waals surface area contributed by atoms with E-state index in [4.69, 9.17) is 9.15 Å². The second kappa shape index (κ2) is 7.57. The summed E-state index contributed by atoms with van der Waals surface area (Å²) >= 11 is 2.74. The lowest BCUT2D eigenvalue weighted by Gasteiger charge is -2.23. The fourth-order valence-corrected chi connectivity index (χ4v) is 4.86. The van der Waals surface area contributed by atoms with Crippen LogP contribution in [-0.4, -0.2) is 17.1 Å². The van der Waals surface area contributed by atoms with Gasteiger partial charge in [0.05, 0.1) is 22.1 Å². The molecular formula is C20H16N2O4S2. The molecule has 4 heterocycles. The SMILES string of the molecule is C=CCOC(=O)C1=C(C)N=c2s/c(=C/c3ccco3)c(=O)n2[C@@H]1c1cccs1. The van der Waals surface area contributed by atoms with E-state index in [9.17, 15) is 9.59 Å². The highest BCUT2D eigenvalue weighted by Crippen LogP contribution is 2.33. The number of nitrogens with zero attached hydrogens (tertiary/aromatic N) is 2. The minimum atomic E-state index is -0.577. The molecule has 4 rings (SSSR count). The number of furan rings is 1. The summed E-state index contributed by atoms with van der Waals surface area (Å²) in [7, 11) is 0. The fraction of sp³-hybridized carbons (Fsp3) is 0.150. The number of thiophene rings is 1. The van der Waals surface area contributed by atoms with Crippen molar-refractivity contribution in [2.45, 2.75) is 13.0 Å². The maximum atomic E-state index is 13.2. The average Bonchev–Trinajstić information content (AvgIpc) is 3.42. The van der Waals surface area contributed by atoms with Crippen molar-refractivity contribution >= 4 is 34.7 Å². The molecule has 0 spiro atoms. The Hall–Kier alpha value is -2.97. The van der Waals surface area contributed by atoms with Crippen molar-refractivity contribution in [3.8, 4) is 0 Å². The summed E-state index contributed by atoms with van der Waals surface area (Å²) in [5.41, 5.74) is 0.680. The zero-order valence-electron chi connectivity index (χ0n) is 15.0. The number of thiazole rings is 1. The van der Waals surface area contributed by atoms with Gasteiger partial charge >= 0.3 is 5.97 Å². The van der Waals surface area contributed by atoms with Gasteiger partial charge in [0.15, 0.2) is 4.80 Å². The van der Waals surface area contributed by atoms with Crippen LogP contribution in [-0.2, 0) is 9.53 Å². The molecule has 0 N–H and O–H groups in total. The molecule has 1 aliphatic rings. The smallest absolute Gasteiger partial charge is 0.338 e. The van der Waals surface area contributed by atoms with Crippen molar-refractivity contribution in [3.05, 3.63) is 90.2 Å². The summed E-state index contributed by atoms with van der Waals surface area (Å²) in [5, 5.41) is 1.91. The number of carbonyl (C=O) groups excluding carboxylic acids is 1. The van der Waals surface area contributed by atoms with Crippen LogP contribution in [0.2, 0.25) is 0 Å². The first-order chi connectivity index (χ1) is 13.6. The number of aromatic nitrogens is 1. The maximum Gasteiger partial charge on any atom is 0.338 e. The normalized spacial score (nSPS) is 16.6. The Kier molecular flexibility index (Phi) is 4.97. The van der Waals surface area contributed by atoms with Crippen LogP contribution in [0.15, 0.2) is 74.0 Å². The van der Waals surface area contributed by atoms with Crippen LogP contribution in [0.3, 0.4) is 0 Å². The fourth-order valence-electron chi connectivity index (χ4n) is 3.01. The number of rotatable bonds is 5. The molecule has 28 heavy (non-hydrogen) atoms. The zero-order valence-corrected chi connectivity index (χ0v) is 16.6. The number of esters is 1. The van der Waals surface area contributed by atoms with Gasteiger partial charge in [-0.15, -0.1) is 11.3 Å². The van der Waals surface area contributed by atoms with Gasteiger partial charge in [-0.25, -0.2) is 9.79 Å². The van der Waals surface area contributed by atoms with Crippen LogP contribution in [0.25, 0.3) is 6.08 Å². The second-order valence-electron chi connectivity index (χ2n) is 6.00. The van der Waals surface area contributed by atoms with E-state index in [0.717, 1.165) is 4.88 Å². The largest absolute Gasteiger partial charge is 0.465 e. The van der Waals surface area contributed by atoms with E-state index in [0.29, 0.717) is 26.4 Å². The number of carbonyl (C=O) groups is 1. The van der Waals surface area contributed by atoms with Gasteiger partial charge in [-0.05, 0) is 30.5 Å². The molecule has 0 amide bonds. The van der Waals surface area contributed by atoms with Crippen LogP contribution in [0.5, 0.6) is 0 Å². The van der Waals surface area contributed by atoms with E-state index in [1.165, 1.54) is 28.7 Å². The first-order valence-corrected chi connectivity index (χ1v) is 10.2. The molecule has 3 aromatic rings. The molecule has 1 aliphatic heterocycles. The van der Waals surface area contributed by atoms with Gasteiger partial charge in [0.25, 0.3) is 5.56 Å². The van der Waals surface area contributed by atoms with Crippen LogP contribution in [0, 0.1) is 0 Å². The van der Waals surface area contributed by atoms with Crippen molar-refractivity contribution in [2.75, 3.05) is 6.61 Å². The predicted molar refractivity (Wildman–Crippen MR) is 108 cm³/mol. The zero-order chi connectivity index (χ0) is 19.7. The first kappa shape index (κ1) is 18.4. The summed E-state index contributed by atoms with van der Waals surface area (Å²) in [6.45, 7) is 5.42. The lowest BCUT2D eigenvalue weighted by atomic mass is 10.0. The molecule has 8 heteroatoms. The van der Waals surface area contributed by atoms with E-state index >= 15 is 0 Å². The summed E-state index contributed by atoms with van der Waals surface area (Å²) in [6, 6.07) is 6.75. The molecule has 0 unspecified atom stereocenters. The Bertz CT molecular complexity index is 1230. The molecular weight excluding hydrogens is 396 g/mol. The predicted octanol–water partition coefficient (Wildman–Crippen LogP) is 2.62. The van der Waals surface area contributed by atoms with E-state index in [-0.39, 0.29) is 12.2 Å². The molecule has 0 saturated heterocycles. The molecule has 142 valence electrons. The van der Waals surface area contributed by atoms with Crippen molar-refractivity contribution < 1.29 is 13.9 Å². The molecule has 6 nitrogen and oxygen atoms in total. The third kappa shape index (κ3) is 3.21. The highest BCUT2D eigenvalue weighted by atomic mass is 32.1. The first-order valence-electron chi connectivity index (χ1n) is 8.47. The Balaban J connectivity index is 1.92. The van der Waals surface area contributed by atoms with E-state index in [2.05, 4.69) is 11.6 Å². The van der Waals surface area contributed by atoms with E-state index in [1.54, 1.807) is 36.0 Å². The lowest BCUT2D eigenvalue weighted by molar-refractivity contribution is -0.138. The quantitative estimate of drug-likeness (QED) is 0.477. The van der Waals surface area contributed by atoms with Crippen LogP contribution in [0.4, 0.5) is 0 Å². The molecule has 0 radical (unpaired) electrons. The van der Waals surface area contributed by atoms with Gasteiger partial charge in [0.1, 0.15) is 18.4 Å². The van der Waals surface area contributed by atoms with Crippen molar-refractivity contribution in [3.63, 3.8) is 0 Å². The topological polar surface area (TPSA) is 73.8 Å². The highest BCUT2D eigenvalue weighted by molar-refractivity contribution is 7.10. The maximum absolute atomic E-state index is 13.2. The number of fused-ring (bicyclic) bond motifs is 1. The van der Waals surface area contributed by atoms with Crippen molar-refractivity contribution in [1.29, 1.82) is 0 Å². The second-order valence-corrected chi connectivity index (χ2v) is 7.99. The Labute approximate surface area is 168 Å². The van der Waals surface area contributed by atoms with Gasteiger partial charge in [-0.3, -0.25) is 9.36 Å². The number of ether oxygens (including phenoxy) is 1. The van der Waals surface area contributed by atoms with Gasteiger partial charge in [-0.2, -0.15) is 0 Å². The molecule has 0 aromatic carbocycles. The van der Waals surface area contributed by atoms with Crippen LogP contribution >= 0.6 is 22.7 Å². The third-order valence-corrected chi connectivity index (χ3v) is 6.11. The Morgan fingerprint density at radius 3 is 2.96 bits per heavy atom. The van der Waals surface area contributed by atoms with Crippen LogP contribution < -0.4 is 14.9 Å². The van der Waals surface area contributed by atoms with Gasteiger partial charge in [-0.1, -0.05) is 30.1 Å². The minimum Gasteiger partial charge on any atom is -0.465 e. The molecule has 0 fully saturated rings. The van der Waals surface area contributed by atoms with Gasteiger partial charge in [0, 0.05) is 11.0 Å². The molecule has 1 atom stereocenters. The van der Waals surface area contributed by atoms with Gasteiger partial charge in [0.2, 0.25) is 0 Å². The van der Waals surface area contributed by atoms with E-state index < -0.39 is 12.0 Å². The Morgan fingerprint density at radius 1 is 1.43 bits per heavy atom. The molecule has 3 aromatic heterocycles. The average molecular weight is 412 g/mol. The number of hydrogen-bond acceptors (Lipinski definition) is 7. The van der Waals surface area contributed by atoms with E-state index in [1.807, 2.05) is 17.5 Å². The van der Waals surface area contributed by atoms with Crippen molar-refractivity contribution in [2.24, 2.45) is 4.99 Å².